The van der Waals surface area contributed by atoms with E-state index in [1.807, 2.05) is 17.8 Å². The zero-order chi connectivity index (χ0) is 14.4. The fourth-order valence-electron chi connectivity index (χ4n) is 1.54. The third kappa shape index (κ3) is 4.27. The molecule has 1 aromatic heterocycles. The molecule has 1 aromatic carbocycles. The lowest BCUT2D eigenvalue weighted by molar-refractivity contribution is 0.252. The molecule has 0 aliphatic heterocycles. The first-order valence-electron chi connectivity index (χ1n) is 6.05. The van der Waals surface area contributed by atoms with Gasteiger partial charge in [0.2, 0.25) is 0 Å². The molecule has 1 heterocycles. The van der Waals surface area contributed by atoms with Gasteiger partial charge in [-0.15, -0.1) is 0 Å². The highest BCUT2D eigenvalue weighted by molar-refractivity contribution is 7.99. The Kier molecular flexibility index (Phi) is 5.00. The van der Waals surface area contributed by atoms with Crippen molar-refractivity contribution in [3.05, 3.63) is 42.5 Å². The topological polar surface area (TPSA) is 59.0 Å². The molecule has 20 heavy (non-hydrogen) atoms. The van der Waals surface area contributed by atoms with E-state index in [4.69, 9.17) is 0 Å². The van der Waals surface area contributed by atoms with Crippen LogP contribution < -0.4 is 10.6 Å². The lowest BCUT2D eigenvalue weighted by Crippen LogP contribution is -2.30. The Morgan fingerprint density at radius 2 is 2.35 bits per heavy atom. The molecule has 0 spiro atoms. The maximum absolute atomic E-state index is 12.9. The highest BCUT2D eigenvalue weighted by Crippen LogP contribution is 2.13. The minimum atomic E-state index is -0.381. The van der Waals surface area contributed by atoms with Crippen LogP contribution in [0.15, 0.2) is 41.8 Å². The number of carbonyl (C=O) groups is 1. The quantitative estimate of drug-likeness (QED) is 0.658. The largest absolute Gasteiger partial charge is 0.337 e. The first kappa shape index (κ1) is 14.4. The number of nitrogens with one attached hydrogen (secondary N) is 2. The third-order valence-electron chi connectivity index (χ3n) is 2.48. The number of thioether (sulfide) groups is 1. The molecule has 106 valence electrons. The Morgan fingerprint density at radius 1 is 1.50 bits per heavy atom. The van der Waals surface area contributed by atoms with E-state index in [1.165, 1.54) is 12.1 Å². The van der Waals surface area contributed by atoms with Gasteiger partial charge in [0.15, 0.2) is 5.16 Å². The number of urea groups is 1. The molecule has 0 radical (unpaired) electrons. The molecule has 0 aliphatic carbocycles. The number of benzene rings is 1. The number of amides is 2. The highest BCUT2D eigenvalue weighted by Gasteiger charge is 2.03. The van der Waals surface area contributed by atoms with Crippen molar-refractivity contribution in [1.29, 1.82) is 0 Å². The highest BCUT2D eigenvalue weighted by atomic mass is 32.2. The van der Waals surface area contributed by atoms with Crippen molar-refractivity contribution in [2.45, 2.75) is 5.16 Å². The van der Waals surface area contributed by atoms with E-state index in [2.05, 4.69) is 15.6 Å². The minimum Gasteiger partial charge on any atom is -0.337 e. The van der Waals surface area contributed by atoms with Gasteiger partial charge in [0, 0.05) is 37.4 Å². The van der Waals surface area contributed by atoms with Crippen molar-refractivity contribution in [1.82, 2.24) is 14.9 Å². The van der Waals surface area contributed by atoms with E-state index in [0.29, 0.717) is 18.0 Å². The van der Waals surface area contributed by atoms with E-state index in [1.54, 1.807) is 30.1 Å². The van der Waals surface area contributed by atoms with Gasteiger partial charge in [-0.2, -0.15) is 0 Å². The van der Waals surface area contributed by atoms with Crippen molar-refractivity contribution in [2.24, 2.45) is 7.05 Å². The molecule has 0 atom stereocenters. The van der Waals surface area contributed by atoms with Gasteiger partial charge in [-0.1, -0.05) is 17.8 Å². The number of hydrogen-bond donors (Lipinski definition) is 2. The maximum Gasteiger partial charge on any atom is 0.319 e. The van der Waals surface area contributed by atoms with Crippen LogP contribution in [0.3, 0.4) is 0 Å². The average Bonchev–Trinajstić information content (AvgIpc) is 2.80. The molecule has 0 saturated carbocycles. The van der Waals surface area contributed by atoms with Crippen molar-refractivity contribution >= 4 is 23.5 Å². The molecule has 0 unspecified atom stereocenters. The van der Waals surface area contributed by atoms with Crippen LogP contribution in [0.25, 0.3) is 0 Å². The minimum absolute atomic E-state index is 0.351. The molecule has 2 amide bonds. The van der Waals surface area contributed by atoms with Crippen LogP contribution in [-0.2, 0) is 7.05 Å². The van der Waals surface area contributed by atoms with E-state index in [-0.39, 0.29) is 11.8 Å². The standard InChI is InChI=1S/C13H15FN4OS/c1-18-7-5-16-13(18)20-8-6-15-12(19)17-11-4-2-3-10(14)9-11/h2-5,7,9H,6,8H2,1H3,(H2,15,17,19). The average molecular weight is 294 g/mol. The molecule has 2 aromatic rings. The summed E-state index contributed by atoms with van der Waals surface area (Å²) in [7, 11) is 1.92. The van der Waals surface area contributed by atoms with Gasteiger partial charge in [-0.05, 0) is 18.2 Å². The Labute approximate surface area is 120 Å². The summed E-state index contributed by atoms with van der Waals surface area (Å²) >= 11 is 1.55. The third-order valence-corrected chi connectivity index (χ3v) is 3.54. The van der Waals surface area contributed by atoms with Crippen molar-refractivity contribution in [3.8, 4) is 0 Å². The summed E-state index contributed by atoms with van der Waals surface area (Å²) in [6.45, 7) is 0.499. The summed E-state index contributed by atoms with van der Waals surface area (Å²) in [5.41, 5.74) is 0.430. The Hall–Kier alpha value is -2.02. The van der Waals surface area contributed by atoms with Gasteiger partial charge in [-0.25, -0.2) is 14.2 Å². The zero-order valence-electron chi connectivity index (χ0n) is 11.0. The van der Waals surface area contributed by atoms with Gasteiger partial charge in [0.25, 0.3) is 0 Å². The smallest absolute Gasteiger partial charge is 0.319 e. The summed E-state index contributed by atoms with van der Waals surface area (Å²) in [5, 5.41) is 6.17. The van der Waals surface area contributed by atoms with E-state index in [9.17, 15) is 9.18 Å². The predicted molar refractivity (Wildman–Crippen MR) is 77.4 cm³/mol. The van der Waals surface area contributed by atoms with Crippen molar-refractivity contribution in [2.75, 3.05) is 17.6 Å². The Balaban J connectivity index is 1.69. The number of rotatable bonds is 5. The van der Waals surface area contributed by atoms with Crippen LogP contribution in [0.4, 0.5) is 14.9 Å². The maximum atomic E-state index is 12.9. The second-order valence-electron chi connectivity index (χ2n) is 4.06. The van der Waals surface area contributed by atoms with Gasteiger partial charge < -0.3 is 15.2 Å². The lowest BCUT2D eigenvalue weighted by atomic mass is 10.3. The number of aryl methyl sites for hydroxylation is 1. The Bertz CT molecular complexity index is 587. The first-order chi connectivity index (χ1) is 9.65. The number of carbonyl (C=O) groups excluding carboxylic acids is 1. The fraction of sp³-hybridized carbons (Fsp3) is 0.231. The molecule has 2 rings (SSSR count). The predicted octanol–water partition coefficient (Wildman–Crippen LogP) is 2.47. The molecule has 0 aliphatic rings. The van der Waals surface area contributed by atoms with Crippen molar-refractivity contribution < 1.29 is 9.18 Å². The van der Waals surface area contributed by atoms with Crippen LogP contribution >= 0.6 is 11.8 Å². The molecule has 5 nitrogen and oxygen atoms in total. The van der Waals surface area contributed by atoms with Crippen molar-refractivity contribution in [3.63, 3.8) is 0 Å². The van der Waals surface area contributed by atoms with Crippen LogP contribution in [0.1, 0.15) is 0 Å². The summed E-state index contributed by atoms with van der Waals surface area (Å²) in [4.78, 5) is 15.7. The monoisotopic (exact) mass is 294 g/mol. The van der Waals surface area contributed by atoms with Crippen LogP contribution in [0, 0.1) is 5.82 Å². The van der Waals surface area contributed by atoms with Gasteiger partial charge in [0.05, 0.1) is 0 Å². The van der Waals surface area contributed by atoms with Crippen LogP contribution in [-0.4, -0.2) is 27.9 Å². The van der Waals surface area contributed by atoms with E-state index in [0.717, 1.165) is 5.16 Å². The second kappa shape index (κ2) is 6.95. The number of hydrogen-bond acceptors (Lipinski definition) is 3. The number of halogens is 1. The summed E-state index contributed by atoms with van der Waals surface area (Å²) in [5.74, 6) is 0.328. The summed E-state index contributed by atoms with van der Waals surface area (Å²) in [6, 6.07) is 5.41. The normalized spacial score (nSPS) is 10.3. The molecule has 0 fully saturated rings. The molecular formula is C13H15FN4OS. The van der Waals surface area contributed by atoms with Gasteiger partial charge in [0.1, 0.15) is 5.82 Å². The molecule has 0 bridgehead atoms. The zero-order valence-corrected chi connectivity index (χ0v) is 11.8. The number of aromatic nitrogens is 2. The number of imidazole rings is 1. The van der Waals surface area contributed by atoms with Crippen LogP contribution in [0.5, 0.6) is 0 Å². The summed E-state index contributed by atoms with van der Waals surface area (Å²) in [6.07, 6.45) is 3.60. The van der Waals surface area contributed by atoms with Crippen LogP contribution in [0.2, 0.25) is 0 Å². The SMILES string of the molecule is Cn1ccnc1SCCNC(=O)Nc1cccc(F)c1. The molecule has 7 heteroatoms. The summed E-state index contributed by atoms with van der Waals surface area (Å²) < 4.78 is 14.8. The fourth-order valence-corrected chi connectivity index (χ4v) is 2.33. The van der Waals surface area contributed by atoms with E-state index >= 15 is 0 Å². The number of nitrogens with zero attached hydrogens (tertiary/aromatic N) is 2. The van der Waals surface area contributed by atoms with E-state index < -0.39 is 0 Å². The number of anilines is 1. The molecule has 2 N–H and O–H groups in total. The molecular weight excluding hydrogens is 279 g/mol. The Morgan fingerprint density at radius 3 is 3.05 bits per heavy atom. The van der Waals surface area contributed by atoms with Gasteiger partial charge in [-0.3, -0.25) is 0 Å². The lowest BCUT2D eigenvalue weighted by Gasteiger charge is -2.07. The first-order valence-corrected chi connectivity index (χ1v) is 7.04. The molecule has 0 saturated heterocycles. The second-order valence-corrected chi connectivity index (χ2v) is 5.12. The van der Waals surface area contributed by atoms with Gasteiger partial charge >= 0.3 is 6.03 Å².